The van der Waals surface area contributed by atoms with Crippen LogP contribution in [0.25, 0.3) is 0 Å². The van der Waals surface area contributed by atoms with Crippen molar-refractivity contribution in [1.29, 1.82) is 0 Å². The first-order valence-corrected chi connectivity index (χ1v) is 4.75. The van der Waals surface area contributed by atoms with Gasteiger partial charge >= 0.3 is 6.09 Å². The van der Waals surface area contributed by atoms with Crippen LogP contribution in [-0.4, -0.2) is 29.7 Å². The van der Waals surface area contributed by atoms with Crippen molar-refractivity contribution in [3.05, 3.63) is 24.3 Å². The van der Waals surface area contributed by atoms with Gasteiger partial charge in [0.15, 0.2) is 0 Å². The molecular formula is C10H11N3O3. The Morgan fingerprint density at radius 1 is 1.50 bits per heavy atom. The number of para-hydroxylation sites is 2. The van der Waals surface area contributed by atoms with Crippen LogP contribution in [0.2, 0.25) is 0 Å². The molecule has 84 valence electrons. The molecule has 16 heavy (non-hydrogen) atoms. The van der Waals surface area contributed by atoms with E-state index in [0.29, 0.717) is 11.4 Å². The number of benzene rings is 1. The van der Waals surface area contributed by atoms with E-state index in [2.05, 4.69) is 5.32 Å². The molecule has 1 unspecified atom stereocenters. The lowest BCUT2D eigenvalue weighted by atomic mass is 10.2. The van der Waals surface area contributed by atoms with Gasteiger partial charge in [0.25, 0.3) is 0 Å². The predicted molar refractivity (Wildman–Crippen MR) is 58.4 cm³/mol. The molecule has 0 aliphatic carbocycles. The second-order valence-electron chi connectivity index (χ2n) is 3.51. The molecule has 1 aromatic rings. The third-order valence-electron chi connectivity index (χ3n) is 2.40. The summed E-state index contributed by atoms with van der Waals surface area (Å²) in [4.78, 5) is 23.6. The minimum absolute atomic E-state index is 0.0435. The van der Waals surface area contributed by atoms with Crippen molar-refractivity contribution >= 4 is 23.4 Å². The molecule has 1 heterocycles. The maximum atomic E-state index is 11.5. The first kappa shape index (κ1) is 10.4. The molecule has 6 heteroatoms. The minimum atomic E-state index is -1.13. The fourth-order valence-corrected chi connectivity index (χ4v) is 1.60. The van der Waals surface area contributed by atoms with Gasteiger partial charge in [-0.2, -0.15) is 0 Å². The molecular weight excluding hydrogens is 210 g/mol. The van der Waals surface area contributed by atoms with Gasteiger partial charge in [-0.3, -0.25) is 9.69 Å². The Bertz CT molecular complexity index is 447. The first-order valence-electron chi connectivity index (χ1n) is 4.75. The average Bonchev–Trinajstić information content (AvgIpc) is 2.37. The Morgan fingerprint density at radius 2 is 2.19 bits per heavy atom. The number of nitrogens with one attached hydrogen (secondary N) is 1. The Labute approximate surface area is 91.7 Å². The quantitative estimate of drug-likeness (QED) is 0.592. The average molecular weight is 221 g/mol. The highest BCUT2D eigenvalue weighted by molar-refractivity contribution is 6.03. The third kappa shape index (κ3) is 1.70. The van der Waals surface area contributed by atoms with Gasteiger partial charge in [0.1, 0.15) is 6.04 Å². The van der Waals surface area contributed by atoms with E-state index in [-0.39, 0.29) is 12.5 Å². The molecule has 1 aliphatic rings. The molecule has 0 radical (unpaired) electrons. The molecule has 1 atom stereocenters. The predicted octanol–water partition coefficient (Wildman–Crippen LogP) is 0.450. The van der Waals surface area contributed by atoms with Crippen LogP contribution < -0.4 is 16.0 Å². The molecule has 1 aromatic carbocycles. The molecule has 0 aromatic heterocycles. The van der Waals surface area contributed by atoms with Crippen molar-refractivity contribution in [3.8, 4) is 0 Å². The van der Waals surface area contributed by atoms with Gasteiger partial charge in [0.2, 0.25) is 5.91 Å². The van der Waals surface area contributed by atoms with Crippen LogP contribution >= 0.6 is 0 Å². The lowest BCUT2D eigenvalue weighted by Crippen LogP contribution is -2.44. The maximum Gasteiger partial charge on any atom is 0.411 e. The van der Waals surface area contributed by atoms with Gasteiger partial charge in [-0.15, -0.1) is 0 Å². The maximum absolute atomic E-state index is 11.5. The summed E-state index contributed by atoms with van der Waals surface area (Å²) < 4.78 is 0. The van der Waals surface area contributed by atoms with Gasteiger partial charge in [0, 0.05) is 0 Å². The summed E-state index contributed by atoms with van der Waals surface area (Å²) in [5.41, 5.74) is 6.47. The Kier molecular flexibility index (Phi) is 2.49. The summed E-state index contributed by atoms with van der Waals surface area (Å²) in [5, 5.41) is 11.6. The number of anilines is 2. The number of hydrogen-bond donors (Lipinski definition) is 3. The molecule has 0 fully saturated rings. The van der Waals surface area contributed by atoms with E-state index in [1.54, 1.807) is 24.3 Å². The summed E-state index contributed by atoms with van der Waals surface area (Å²) in [5.74, 6) is -0.379. The van der Waals surface area contributed by atoms with Crippen molar-refractivity contribution in [3.63, 3.8) is 0 Å². The molecule has 0 bridgehead atoms. The second-order valence-corrected chi connectivity index (χ2v) is 3.51. The number of fused-ring (bicyclic) bond motifs is 1. The zero-order valence-electron chi connectivity index (χ0n) is 8.38. The van der Waals surface area contributed by atoms with Crippen LogP contribution in [0.5, 0.6) is 0 Å². The number of rotatable bonds is 0. The highest BCUT2D eigenvalue weighted by Gasteiger charge is 2.28. The van der Waals surface area contributed by atoms with E-state index in [1.807, 2.05) is 0 Å². The van der Waals surface area contributed by atoms with Crippen LogP contribution in [0, 0.1) is 0 Å². The van der Waals surface area contributed by atoms with E-state index in [1.165, 1.54) is 0 Å². The smallest absolute Gasteiger partial charge is 0.411 e. The van der Waals surface area contributed by atoms with Crippen LogP contribution in [0.15, 0.2) is 24.3 Å². The van der Waals surface area contributed by atoms with E-state index >= 15 is 0 Å². The number of carbonyl (C=O) groups is 2. The lowest BCUT2D eigenvalue weighted by molar-refractivity contribution is -0.117. The normalized spacial score (nSPS) is 19.7. The van der Waals surface area contributed by atoms with Gasteiger partial charge < -0.3 is 16.2 Å². The molecule has 6 nitrogen and oxygen atoms in total. The summed E-state index contributed by atoms with van der Waals surface area (Å²) in [6.45, 7) is -0.0435. The van der Waals surface area contributed by atoms with Gasteiger partial charge in [-0.1, -0.05) is 12.1 Å². The first-order chi connectivity index (χ1) is 7.59. The van der Waals surface area contributed by atoms with Gasteiger partial charge in [-0.05, 0) is 12.1 Å². The number of hydrogen-bond acceptors (Lipinski definition) is 3. The highest BCUT2D eigenvalue weighted by atomic mass is 16.4. The Hall–Kier alpha value is -2.08. The van der Waals surface area contributed by atoms with Crippen LogP contribution in [0.1, 0.15) is 0 Å². The van der Waals surface area contributed by atoms with Gasteiger partial charge in [-0.25, -0.2) is 4.79 Å². The lowest BCUT2D eigenvalue weighted by Gasteiger charge is -2.19. The molecule has 2 rings (SSSR count). The number of nitrogens with zero attached hydrogens (tertiary/aromatic N) is 1. The second kappa shape index (κ2) is 3.82. The van der Waals surface area contributed by atoms with E-state index < -0.39 is 12.1 Å². The van der Waals surface area contributed by atoms with Crippen molar-refractivity contribution in [2.24, 2.45) is 5.73 Å². The largest absolute Gasteiger partial charge is 0.465 e. The monoisotopic (exact) mass is 221 g/mol. The van der Waals surface area contributed by atoms with Crippen LogP contribution in [0.3, 0.4) is 0 Å². The molecule has 2 amide bonds. The molecule has 0 saturated heterocycles. The van der Waals surface area contributed by atoms with Gasteiger partial charge in [0.05, 0.1) is 17.9 Å². The topological polar surface area (TPSA) is 95.7 Å². The summed E-state index contributed by atoms with van der Waals surface area (Å²) >= 11 is 0. The Morgan fingerprint density at radius 3 is 2.88 bits per heavy atom. The van der Waals surface area contributed by atoms with Crippen LogP contribution in [-0.2, 0) is 4.79 Å². The standard InChI is InChI=1S/C10H11N3O3/c11-6-5-13(10(15)16)8-4-2-1-3-7(8)12-9(6)14/h1-4,6H,5,11H2,(H,12,14)(H,15,16). The summed E-state index contributed by atoms with van der Waals surface area (Å²) in [6, 6.07) is 5.83. The summed E-state index contributed by atoms with van der Waals surface area (Å²) in [6.07, 6.45) is -1.13. The van der Waals surface area contributed by atoms with Crippen LogP contribution in [0.4, 0.5) is 16.2 Å². The number of carbonyl (C=O) groups excluding carboxylic acids is 1. The third-order valence-corrected chi connectivity index (χ3v) is 2.40. The number of amides is 2. The highest BCUT2D eigenvalue weighted by Crippen LogP contribution is 2.27. The molecule has 0 saturated carbocycles. The fourth-order valence-electron chi connectivity index (χ4n) is 1.60. The molecule has 1 aliphatic heterocycles. The van der Waals surface area contributed by atoms with Crippen molar-refractivity contribution in [2.45, 2.75) is 6.04 Å². The molecule has 4 N–H and O–H groups in total. The summed E-state index contributed by atoms with van der Waals surface area (Å²) in [7, 11) is 0. The van der Waals surface area contributed by atoms with Crippen molar-refractivity contribution in [2.75, 3.05) is 16.8 Å². The Balaban J connectivity index is 2.49. The van der Waals surface area contributed by atoms with Crippen molar-refractivity contribution < 1.29 is 14.7 Å². The van der Waals surface area contributed by atoms with E-state index in [9.17, 15) is 9.59 Å². The van der Waals surface area contributed by atoms with E-state index in [0.717, 1.165) is 4.90 Å². The number of carboxylic acid groups (broad SMARTS) is 1. The number of nitrogens with two attached hydrogens (primary N) is 1. The molecule has 0 spiro atoms. The zero-order chi connectivity index (χ0) is 11.7. The SMILES string of the molecule is NC1CN(C(=O)O)c2ccccc2NC1=O. The van der Waals surface area contributed by atoms with E-state index in [4.69, 9.17) is 10.8 Å². The van der Waals surface area contributed by atoms with Crippen molar-refractivity contribution in [1.82, 2.24) is 0 Å². The zero-order valence-corrected chi connectivity index (χ0v) is 8.38. The fraction of sp³-hybridized carbons (Fsp3) is 0.200. The minimum Gasteiger partial charge on any atom is -0.465 e.